The minimum Gasteiger partial charge on any atom is -0.493 e. The zero-order valence-electron chi connectivity index (χ0n) is 22.0. The Morgan fingerprint density at radius 3 is 2.41 bits per heavy atom. The number of benzene rings is 3. The molecular formula is C31H31NO5. The van der Waals surface area contributed by atoms with Gasteiger partial charge in [-0.15, -0.1) is 0 Å². The van der Waals surface area contributed by atoms with E-state index in [9.17, 15) is 9.59 Å². The lowest BCUT2D eigenvalue weighted by molar-refractivity contribution is 0.0971. The Morgan fingerprint density at radius 1 is 0.919 bits per heavy atom. The van der Waals surface area contributed by atoms with Gasteiger partial charge in [-0.2, -0.15) is 0 Å². The van der Waals surface area contributed by atoms with Gasteiger partial charge >= 0.3 is 0 Å². The van der Waals surface area contributed by atoms with Crippen LogP contribution in [-0.2, 0) is 0 Å². The summed E-state index contributed by atoms with van der Waals surface area (Å²) in [6.45, 7) is 10.7. The molecule has 6 nitrogen and oxygen atoms in total. The number of methoxy groups -OCH3 is 1. The maximum Gasteiger partial charge on any atom is 0.295 e. The van der Waals surface area contributed by atoms with Crippen molar-refractivity contribution in [1.82, 2.24) is 0 Å². The van der Waals surface area contributed by atoms with Crippen LogP contribution in [0.15, 0.2) is 63.8 Å². The molecule has 6 heteroatoms. The second-order valence-corrected chi connectivity index (χ2v) is 10.1. The average Bonchev–Trinajstić information content (AvgIpc) is 3.17. The van der Waals surface area contributed by atoms with E-state index in [0.717, 1.165) is 22.3 Å². The number of fused-ring (bicyclic) bond motifs is 2. The van der Waals surface area contributed by atoms with E-state index >= 15 is 0 Å². The summed E-state index contributed by atoms with van der Waals surface area (Å²) in [5, 5.41) is 0.460. The summed E-state index contributed by atoms with van der Waals surface area (Å²) in [5.41, 5.74) is 5.08. The van der Waals surface area contributed by atoms with Crippen LogP contribution in [0.25, 0.3) is 11.0 Å². The van der Waals surface area contributed by atoms with Crippen molar-refractivity contribution in [3.63, 3.8) is 0 Å². The van der Waals surface area contributed by atoms with E-state index in [1.165, 1.54) is 0 Å². The van der Waals surface area contributed by atoms with Crippen LogP contribution in [0.4, 0.5) is 5.69 Å². The predicted octanol–water partition coefficient (Wildman–Crippen LogP) is 6.51. The Hall–Kier alpha value is -4.06. The number of aryl methyl sites for hydroxylation is 3. The molecule has 0 fully saturated rings. The summed E-state index contributed by atoms with van der Waals surface area (Å²) in [7, 11) is 1.58. The van der Waals surface area contributed by atoms with Crippen LogP contribution in [0.1, 0.15) is 58.3 Å². The molecule has 1 aliphatic heterocycles. The van der Waals surface area contributed by atoms with Gasteiger partial charge < -0.3 is 13.9 Å². The largest absolute Gasteiger partial charge is 0.493 e. The number of ether oxygens (including phenoxy) is 2. The van der Waals surface area contributed by atoms with Gasteiger partial charge in [0, 0.05) is 5.69 Å². The highest BCUT2D eigenvalue weighted by molar-refractivity contribution is 6.10. The summed E-state index contributed by atoms with van der Waals surface area (Å²) < 4.78 is 17.7. The number of carbonyl (C=O) groups is 1. The van der Waals surface area contributed by atoms with Crippen molar-refractivity contribution < 1.29 is 18.7 Å². The molecule has 0 aliphatic carbocycles. The molecule has 2 heterocycles. The molecule has 1 aliphatic rings. The molecule has 4 aromatic rings. The van der Waals surface area contributed by atoms with E-state index in [4.69, 9.17) is 13.9 Å². The van der Waals surface area contributed by atoms with Gasteiger partial charge in [0.2, 0.25) is 5.76 Å². The second-order valence-electron chi connectivity index (χ2n) is 10.1. The van der Waals surface area contributed by atoms with Crippen LogP contribution >= 0.6 is 0 Å². The Bertz CT molecular complexity index is 1580. The number of anilines is 1. The highest BCUT2D eigenvalue weighted by Gasteiger charge is 2.44. The number of amides is 1. The van der Waals surface area contributed by atoms with Crippen LogP contribution in [0.5, 0.6) is 11.5 Å². The molecule has 37 heavy (non-hydrogen) atoms. The van der Waals surface area contributed by atoms with Gasteiger partial charge in [-0.05, 0) is 79.8 Å². The van der Waals surface area contributed by atoms with Crippen LogP contribution < -0.4 is 19.8 Å². The standard InChI is InChI=1S/C31H31NO5/c1-17(2)16-36-25-12-9-21(15-26(25)35-6)28-27-29(33)23-13-18(3)7-11-24(23)37-30(27)31(34)32(28)22-10-8-19(4)20(5)14-22/h7-15,17,28H,16H2,1-6H3. The van der Waals surface area contributed by atoms with Crippen molar-refractivity contribution in [1.29, 1.82) is 0 Å². The van der Waals surface area contributed by atoms with Gasteiger partial charge in [-0.25, -0.2) is 0 Å². The molecule has 1 aromatic heterocycles. The van der Waals surface area contributed by atoms with Crippen molar-refractivity contribution in [2.75, 3.05) is 18.6 Å². The molecule has 0 spiro atoms. The SMILES string of the molecule is COc1cc(C2c3c(oc4ccc(C)cc4c3=O)C(=O)N2c2ccc(C)c(C)c2)ccc1OCC(C)C. The summed E-state index contributed by atoms with van der Waals surface area (Å²) in [6.07, 6.45) is 0. The molecule has 0 saturated heterocycles. The molecule has 1 unspecified atom stereocenters. The highest BCUT2D eigenvalue weighted by Crippen LogP contribution is 2.43. The van der Waals surface area contributed by atoms with Gasteiger partial charge in [0.25, 0.3) is 5.91 Å². The van der Waals surface area contributed by atoms with Gasteiger partial charge in [0.05, 0.1) is 30.7 Å². The summed E-state index contributed by atoms with van der Waals surface area (Å²) in [5.74, 6) is 1.24. The zero-order chi connectivity index (χ0) is 26.4. The molecule has 1 amide bonds. The summed E-state index contributed by atoms with van der Waals surface area (Å²) in [4.78, 5) is 29.4. The first-order valence-corrected chi connectivity index (χ1v) is 12.5. The molecule has 3 aromatic carbocycles. The second kappa shape index (κ2) is 9.43. The monoisotopic (exact) mass is 497 g/mol. The number of hydrogen-bond acceptors (Lipinski definition) is 5. The number of hydrogen-bond donors (Lipinski definition) is 0. The Morgan fingerprint density at radius 2 is 1.70 bits per heavy atom. The molecular weight excluding hydrogens is 466 g/mol. The van der Waals surface area contributed by atoms with E-state index in [-0.39, 0.29) is 17.1 Å². The first kappa shape index (κ1) is 24.6. The summed E-state index contributed by atoms with van der Waals surface area (Å²) in [6, 6.07) is 16.2. The molecule has 0 N–H and O–H groups in total. The fourth-order valence-corrected chi connectivity index (χ4v) is 4.77. The van der Waals surface area contributed by atoms with E-state index in [1.807, 2.05) is 69.3 Å². The normalized spacial score (nSPS) is 14.9. The number of carbonyl (C=O) groups excluding carboxylic acids is 1. The Labute approximate surface area is 216 Å². The molecule has 0 saturated carbocycles. The molecule has 190 valence electrons. The predicted molar refractivity (Wildman–Crippen MR) is 145 cm³/mol. The summed E-state index contributed by atoms with van der Waals surface area (Å²) >= 11 is 0. The lowest BCUT2D eigenvalue weighted by atomic mass is 9.97. The molecule has 1 atom stereocenters. The van der Waals surface area contributed by atoms with E-state index in [2.05, 4.69) is 13.8 Å². The van der Waals surface area contributed by atoms with Crippen molar-refractivity contribution >= 4 is 22.6 Å². The fourth-order valence-electron chi connectivity index (χ4n) is 4.77. The first-order chi connectivity index (χ1) is 17.7. The smallest absolute Gasteiger partial charge is 0.295 e. The third-order valence-electron chi connectivity index (χ3n) is 6.87. The molecule has 0 radical (unpaired) electrons. The quantitative estimate of drug-likeness (QED) is 0.304. The van der Waals surface area contributed by atoms with Crippen molar-refractivity contribution in [2.24, 2.45) is 5.92 Å². The maximum absolute atomic E-state index is 13.9. The lowest BCUT2D eigenvalue weighted by Gasteiger charge is -2.26. The van der Waals surface area contributed by atoms with Crippen LogP contribution in [0, 0.1) is 26.7 Å². The first-order valence-electron chi connectivity index (χ1n) is 12.5. The maximum atomic E-state index is 13.9. The Balaban J connectivity index is 1.74. The van der Waals surface area contributed by atoms with Crippen molar-refractivity contribution in [2.45, 2.75) is 40.7 Å². The average molecular weight is 498 g/mol. The lowest BCUT2D eigenvalue weighted by Crippen LogP contribution is -2.29. The minimum absolute atomic E-state index is 0.0729. The highest BCUT2D eigenvalue weighted by atomic mass is 16.5. The van der Waals surface area contributed by atoms with Crippen molar-refractivity contribution in [3.05, 3.63) is 98.4 Å². The minimum atomic E-state index is -0.682. The van der Waals surface area contributed by atoms with E-state index in [1.54, 1.807) is 18.1 Å². The van der Waals surface area contributed by atoms with Gasteiger partial charge in [-0.1, -0.05) is 37.6 Å². The van der Waals surface area contributed by atoms with Crippen LogP contribution in [0.3, 0.4) is 0 Å². The van der Waals surface area contributed by atoms with Crippen molar-refractivity contribution in [3.8, 4) is 11.5 Å². The Kier molecular flexibility index (Phi) is 6.28. The van der Waals surface area contributed by atoms with Crippen LogP contribution in [0.2, 0.25) is 0 Å². The van der Waals surface area contributed by atoms with E-state index < -0.39 is 6.04 Å². The number of nitrogens with zero attached hydrogens (tertiary/aromatic N) is 1. The topological polar surface area (TPSA) is 69.0 Å². The third-order valence-corrected chi connectivity index (χ3v) is 6.87. The van der Waals surface area contributed by atoms with E-state index in [0.29, 0.717) is 46.2 Å². The van der Waals surface area contributed by atoms with Gasteiger partial charge in [0.1, 0.15) is 5.58 Å². The third kappa shape index (κ3) is 4.26. The zero-order valence-corrected chi connectivity index (χ0v) is 22.0. The molecule has 0 bridgehead atoms. The van der Waals surface area contributed by atoms with Gasteiger partial charge in [0.15, 0.2) is 16.9 Å². The number of rotatable bonds is 6. The van der Waals surface area contributed by atoms with Gasteiger partial charge in [-0.3, -0.25) is 14.5 Å². The molecule has 5 rings (SSSR count). The van der Waals surface area contributed by atoms with Crippen LogP contribution in [-0.4, -0.2) is 19.6 Å². The fraction of sp³-hybridized carbons (Fsp3) is 0.290.